The topological polar surface area (TPSA) is 95.3 Å². The van der Waals surface area contributed by atoms with Crippen LogP contribution >= 0.6 is 0 Å². The van der Waals surface area contributed by atoms with Crippen LogP contribution < -0.4 is 11.2 Å². The molecule has 0 unspecified atom stereocenters. The molecule has 1 aliphatic rings. The van der Waals surface area contributed by atoms with E-state index in [1.807, 2.05) is 0 Å². The van der Waals surface area contributed by atoms with Gasteiger partial charge in [-0.15, -0.1) is 0 Å². The van der Waals surface area contributed by atoms with Crippen LogP contribution in [-0.4, -0.2) is 32.5 Å². The number of aromatic amines is 1. The molecule has 0 aliphatic heterocycles. The first-order valence-corrected chi connectivity index (χ1v) is 5.82. The minimum Gasteiger partial charge on any atom is -0.396 e. The molecule has 0 saturated heterocycles. The van der Waals surface area contributed by atoms with Gasteiger partial charge in [0.2, 0.25) is 0 Å². The lowest BCUT2D eigenvalue weighted by Gasteiger charge is -2.28. The van der Waals surface area contributed by atoms with Crippen LogP contribution in [0.1, 0.15) is 18.0 Å². The highest BCUT2D eigenvalue weighted by molar-refractivity contribution is 5.08. The maximum Gasteiger partial charge on any atom is 0.328 e. The van der Waals surface area contributed by atoms with Crippen molar-refractivity contribution in [2.75, 3.05) is 6.61 Å². The number of hydrogen-bond acceptors (Lipinski definition) is 4. The van der Waals surface area contributed by atoms with Crippen molar-refractivity contribution in [3.8, 4) is 0 Å². The van der Waals surface area contributed by atoms with Crippen molar-refractivity contribution in [3.05, 3.63) is 44.8 Å². The summed E-state index contributed by atoms with van der Waals surface area (Å²) in [6, 6.07) is -0.300. The molecule has 18 heavy (non-hydrogen) atoms. The van der Waals surface area contributed by atoms with Gasteiger partial charge in [-0.05, 0) is 13.3 Å². The molecule has 98 valence electrons. The Balaban J connectivity index is 2.37. The normalized spacial score (nSPS) is 27.4. The smallest absolute Gasteiger partial charge is 0.328 e. The summed E-state index contributed by atoms with van der Waals surface area (Å²) in [5.41, 5.74) is -0.443. The van der Waals surface area contributed by atoms with E-state index in [-0.39, 0.29) is 18.6 Å². The van der Waals surface area contributed by atoms with E-state index in [0.717, 1.165) is 0 Å². The highest BCUT2D eigenvalue weighted by Crippen LogP contribution is 2.25. The number of hydrogen-bond donors (Lipinski definition) is 3. The van der Waals surface area contributed by atoms with E-state index >= 15 is 0 Å². The van der Waals surface area contributed by atoms with Gasteiger partial charge in [-0.1, -0.05) is 12.2 Å². The van der Waals surface area contributed by atoms with E-state index < -0.39 is 17.4 Å². The molecule has 1 heterocycles. The Morgan fingerprint density at radius 1 is 1.44 bits per heavy atom. The van der Waals surface area contributed by atoms with Crippen LogP contribution in [0.15, 0.2) is 27.9 Å². The van der Waals surface area contributed by atoms with E-state index in [4.69, 9.17) is 5.11 Å². The van der Waals surface area contributed by atoms with E-state index in [9.17, 15) is 14.7 Å². The molecule has 0 fully saturated rings. The third-order valence-corrected chi connectivity index (χ3v) is 3.27. The van der Waals surface area contributed by atoms with E-state index in [1.54, 1.807) is 19.1 Å². The van der Waals surface area contributed by atoms with Crippen LogP contribution in [0.25, 0.3) is 0 Å². The number of H-pyrrole nitrogens is 1. The van der Waals surface area contributed by atoms with Crippen LogP contribution in [0.3, 0.4) is 0 Å². The molecular formula is C12H16N2O4. The zero-order chi connectivity index (χ0) is 13.3. The second-order valence-electron chi connectivity index (χ2n) is 4.58. The fraction of sp³-hybridized carbons (Fsp3) is 0.500. The Kier molecular flexibility index (Phi) is 3.49. The lowest BCUT2D eigenvalue weighted by Crippen LogP contribution is -2.36. The predicted molar refractivity (Wildman–Crippen MR) is 65.4 cm³/mol. The van der Waals surface area contributed by atoms with E-state index in [1.165, 1.54) is 10.8 Å². The Morgan fingerprint density at radius 2 is 2.17 bits per heavy atom. The summed E-state index contributed by atoms with van der Waals surface area (Å²) < 4.78 is 1.39. The number of nitrogens with one attached hydrogen (secondary N) is 1. The Morgan fingerprint density at radius 3 is 2.78 bits per heavy atom. The third-order valence-electron chi connectivity index (χ3n) is 3.27. The molecule has 0 spiro atoms. The summed E-state index contributed by atoms with van der Waals surface area (Å²) in [5, 5.41) is 18.8. The maximum atomic E-state index is 11.7. The van der Waals surface area contributed by atoms with Crippen molar-refractivity contribution in [3.63, 3.8) is 0 Å². The van der Waals surface area contributed by atoms with Crippen LogP contribution in [-0.2, 0) is 0 Å². The molecule has 6 nitrogen and oxygen atoms in total. The summed E-state index contributed by atoms with van der Waals surface area (Å²) >= 11 is 0. The standard InChI is InChI=1S/C12H16N2O4/c1-7-5-14(12(18)13-11(7)17)9-3-2-8(6-15)10(16)4-9/h2-3,5,8-10,15-16H,4,6H2,1H3,(H,13,17,18)/t8-,9-,10+/m1/s1. The highest BCUT2D eigenvalue weighted by Gasteiger charge is 2.25. The lowest BCUT2D eigenvalue weighted by atomic mass is 9.90. The van der Waals surface area contributed by atoms with Gasteiger partial charge in [-0.2, -0.15) is 0 Å². The number of rotatable bonds is 2. The zero-order valence-electron chi connectivity index (χ0n) is 10.0. The number of allylic oxidation sites excluding steroid dienone is 1. The van der Waals surface area contributed by atoms with Gasteiger partial charge in [0.25, 0.3) is 5.56 Å². The van der Waals surface area contributed by atoms with Gasteiger partial charge in [0.05, 0.1) is 18.8 Å². The van der Waals surface area contributed by atoms with Gasteiger partial charge < -0.3 is 10.2 Å². The van der Waals surface area contributed by atoms with Crippen molar-refractivity contribution in [2.24, 2.45) is 5.92 Å². The average Bonchev–Trinajstić information content (AvgIpc) is 2.33. The SMILES string of the molecule is Cc1cn([C@@H]2C=C[C@H](CO)[C@@H](O)C2)c(=O)[nH]c1=O. The second kappa shape index (κ2) is 4.91. The quantitative estimate of drug-likeness (QED) is 0.607. The lowest BCUT2D eigenvalue weighted by molar-refractivity contribution is 0.0692. The molecule has 0 radical (unpaired) electrons. The molecule has 0 bridgehead atoms. The van der Waals surface area contributed by atoms with E-state index in [0.29, 0.717) is 12.0 Å². The number of aromatic nitrogens is 2. The zero-order valence-corrected chi connectivity index (χ0v) is 10.0. The van der Waals surface area contributed by atoms with Gasteiger partial charge in [0.1, 0.15) is 0 Å². The van der Waals surface area contributed by atoms with Gasteiger partial charge in [-0.25, -0.2) is 4.79 Å². The Labute approximate surface area is 103 Å². The first-order chi connectivity index (χ1) is 8.52. The van der Waals surface area contributed by atoms with Crippen molar-refractivity contribution >= 4 is 0 Å². The summed E-state index contributed by atoms with van der Waals surface area (Å²) in [5.74, 6) is -0.291. The Bertz CT molecular complexity index is 572. The largest absolute Gasteiger partial charge is 0.396 e. The van der Waals surface area contributed by atoms with Crippen molar-refractivity contribution in [1.29, 1.82) is 0 Å². The molecule has 0 saturated carbocycles. The van der Waals surface area contributed by atoms with Crippen LogP contribution in [0.5, 0.6) is 0 Å². The van der Waals surface area contributed by atoms with Crippen molar-refractivity contribution in [2.45, 2.75) is 25.5 Å². The number of aliphatic hydroxyl groups is 2. The molecule has 1 aromatic heterocycles. The molecule has 6 heteroatoms. The Hall–Kier alpha value is -1.66. The molecule has 1 aliphatic carbocycles. The fourth-order valence-electron chi connectivity index (χ4n) is 2.12. The minimum atomic E-state index is -0.691. The fourth-order valence-corrected chi connectivity index (χ4v) is 2.12. The molecule has 3 atom stereocenters. The van der Waals surface area contributed by atoms with Gasteiger partial charge >= 0.3 is 5.69 Å². The molecule has 0 amide bonds. The summed E-state index contributed by atoms with van der Waals surface area (Å²) in [7, 11) is 0. The van der Waals surface area contributed by atoms with Gasteiger partial charge in [-0.3, -0.25) is 14.3 Å². The number of aliphatic hydroxyl groups excluding tert-OH is 2. The molecule has 3 N–H and O–H groups in total. The first-order valence-electron chi connectivity index (χ1n) is 5.82. The van der Waals surface area contributed by atoms with Gasteiger partial charge in [0, 0.05) is 17.7 Å². The summed E-state index contributed by atoms with van der Waals surface area (Å²) in [6.45, 7) is 1.50. The first kappa shape index (κ1) is 12.8. The predicted octanol–water partition coefficient (Wildman–Crippen LogP) is -0.685. The third kappa shape index (κ3) is 2.30. The van der Waals surface area contributed by atoms with Crippen LogP contribution in [0.4, 0.5) is 0 Å². The van der Waals surface area contributed by atoms with Crippen molar-refractivity contribution < 1.29 is 10.2 Å². The molecule has 0 aromatic carbocycles. The van der Waals surface area contributed by atoms with Gasteiger partial charge in [0.15, 0.2) is 0 Å². The molecule has 1 aromatic rings. The second-order valence-corrected chi connectivity index (χ2v) is 4.58. The maximum absolute atomic E-state index is 11.7. The monoisotopic (exact) mass is 252 g/mol. The number of aryl methyl sites for hydroxylation is 1. The minimum absolute atomic E-state index is 0.121. The van der Waals surface area contributed by atoms with Crippen molar-refractivity contribution in [1.82, 2.24) is 9.55 Å². The average molecular weight is 252 g/mol. The molecule has 2 rings (SSSR count). The van der Waals surface area contributed by atoms with Crippen LogP contribution in [0, 0.1) is 12.8 Å². The van der Waals surface area contributed by atoms with Crippen LogP contribution in [0.2, 0.25) is 0 Å². The van der Waals surface area contributed by atoms with E-state index in [2.05, 4.69) is 4.98 Å². The highest BCUT2D eigenvalue weighted by atomic mass is 16.3. The number of nitrogens with zero attached hydrogens (tertiary/aromatic N) is 1. The molecular weight excluding hydrogens is 236 g/mol. The summed E-state index contributed by atoms with van der Waals surface area (Å²) in [6.07, 6.45) is 4.61. The summed E-state index contributed by atoms with van der Waals surface area (Å²) in [4.78, 5) is 25.2.